The molecule has 1 aromatic heterocycles. The van der Waals surface area contributed by atoms with Crippen molar-refractivity contribution in [3.05, 3.63) is 24.3 Å². The summed E-state index contributed by atoms with van der Waals surface area (Å²) in [7, 11) is 1.81. The van der Waals surface area contributed by atoms with Crippen LogP contribution in [0.4, 0.5) is 10.1 Å². The van der Waals surface area contributed by atoms with Gasteiger partial charge in [-0.2, -0.15) is 0 Å². The van der Waals surface area contributed by atoms with Crippen LogP contribution in [0.2, 0.25) is 0 Å². The molecule has 0 spiro atoms. The molecule has 62 valence electrons. The van der Waals surface area contributed by atoms with Gasteiger partial charge in [0.25, 0.3) is 0 Å². The number of fused-ring (bicyclic) bond motifs is 1. The predicted octanol–water partition coefficient (Wildman–Crippen LogP) is 1.29. The molecule has 4 heteroatoms. The maximum atomic E-state index is 12.9. The average Bonchev–Trinajstić information content (AvgIpc) is 2.35. The van der Waals surface area contributed by atoms with Gasteiger partial charge in [0.2, 0.25) is 0 Å². The van der Waals surface area contributed by atoms with E-state index in [-0.39, 0.29) is 5.69 Å². The van der Waals surface area contributed by atoms with E-state index in [4.69, 9.17) is 5.73 Å². The van der Waals surface area contributed by atoms with Gasteiger partial charge in [-0.1, -0.05) is 0 Å². The molecule has 0 unspecified atom stereocenters. The SMILES string of the molecule is Cn1cnc2cc(N)c(F)cc21. The molecular formula is C8H8FN3. The molecule has 0 radical (unpaired) electrons. The van der Waals surface area contributed by atoms with Crippen LogP contribution in [-0.4, -0.2) is 9.55 Å². The number of nitrogens with zero attached hydrogens (tertiary/aromatic N) is 2. The van der Waals surface area contributed by atoms with Crippen LogP contribution in [0, 0.1) is 5.82 Å². The summed E-state index contributed by atoms with van der Waals surface area (Å²) in [5.41, 5.74) is 6.98. The van der Waals surface area contributed by atoms with Crippen LogP contribution in [0.3, 0.4) is 0 Å². The number of halogens is 1. The van der Waals surface area contributed by atoms with Crippen molar-refractivity contribution in [1.82, 2.24) is 9.55 Å². The number of imidazole rings is 1. The summed E-state index contributed by atoms with van der Waals surface area (Å²) in [4.78, 5) is 4.04. The minimum absolute atomic E-state index is 0.140. The Labute approximate surface area is 68.6 Å². The van der Waals surface area contributed by atoms with Gasteiger partial charge in [-0.3, -0.25) is 0 Å². The number of hydrogen-bond acceptors (Lipinski definition) is 2. The Morgan fingerprint density at radius 1 is 1.50 bits per heavy atom. The zero-order valence-electron chi connectivity index (χ0n) is 6.58. The monoisotopic (exact) mass is 165 g/mol. The zero-order valence-corrected chi connectivity index (χ0v) is 6.58. The minimum atomic E-state index is -0.397. The Morgan fingerprint density at radius 3 is 3.00 bits per heavy atom. The largest absolute Gasteiger partial charge is 0.396 e. The van der Waals surface area contributed by atoms with E-state index in [1.165, 1.54) is 12.1 Å². The number of benzene rings is 1. The molecule has 0 atom stereocenters. The molecule has 1 aromatic carbocycles. The minimum Gasteiger partial charge on any atom is -0.396 e. The third-order valence-electron chi connectivity index (χ3n) is 1.84. The van der Waals surface area contributed by atoms with Crippen LogP contribution in [-0.2, 0) is 7.05 Å². The topological polar surface area (TPSA) is 43.8 Å². The summed E-state index contributed by atoms with van der Waals surface area (Å²) < 4.78 is 14.7. The van der Waals surface area contributed by atoms with E-state index in [0.29, 0.717) is 0 Å². The van der Waals surface area contributed by atoms with Crippen LogP contribution in [0.15, 0.2) is 18.5 Å². The molecule has 3 nitrogen and oxygen atoms in total. The summed E-state index contributed by atoms with van der Waals surface area (Å²) in [6, 6.07) is 2.92. The van der Waals surface area contributed by atoms with Crippen molar-refractivity contribution < 1.29 is 4.39 Å². The second-order valence-corrected chi connectivity index (χ2v) is 2.72. The van der Waals surface area contributed by atoms with Crippen molar-refractivity contribution in [2.24, 2.45) is 7.05 Å². The van der Waals surface area contributed by atoms with E-state index in [0.717, 1.165) is 11.0 Å². The first-order chi connectivity index (χ1) is 5.68. The lowest BCUT2D eigenvalue weighted by Crippen LogP contribution is -1.91. The molecule has 12 heavy (non-hydrogen) atoms. The fourth-order valence-corrected chi connectivity index (χ4v) is 1.16. The molecule has 0 bridgehead atoms. The fourth-order valence-electron chi connectivity index (χ4n) is 1.16. The van der Waals surface area contributed by atoms with Gasteiger partial charge in [-0.05, 0) is 6.07 Å². The number of nitrogen functional groups attached to an aromatic ring is 1. The number of rotatable bonds is 0. The predicted molar refractivity (Wildman–Crippen MR) is 45.1 cm³/mol. The van der Waals surface area contributed by atoms with Gasteiger partial charge in [0.15, 0.2) is 0 Å². The van der Waals surface area contributed by atoms with Crippen molar-refractivity contribution in [3.63, 3.8) is 0 Å². The number of nitrogens with two attached hydrogens (primary N) is 1. The third kappa shape index (κ3) is 0.845. The van der Waals surface area contributed by atoms with E-state index in [1.807, 2.05) is 7.05 Å². The highest BCUT2D eigenvalue weighted by molar-refractivity contribution is 5.79. The van der Waals surface area contributed by atoms with Gasteiger partial charge in [0.05, 0.1) is 23.0 Å². The quantitative estimate of drug-likeness (QED) is 0.598. The van der Waals surface area contributed by atoms with Crippen molar-refractivity contribution >= 4 is 16.7 Å². The molecule has 2 rings (SSSR count). The standard InChI is InChI=1S/C8H8FN3/c1-12-4-11-7-3-6(10)5(9)2-8(7)12/h2-4H,10H2,1H3. The van der Waals surface area contributed by atoms with Gasteiger partial charge >= 0.3 is 0 Å². The fraction of sp³-hybridized carbons (Fsp3) is 0.125. The van der Waals surface area contributed by atoms with Crippen molar-refractivity contribution in [1.29, 1.82) is 0 Å². The molecule has 0 saturated heterocycles. The number of hydrogen-bond donors (Lipinski definition) is 1. The Hall–Kier alpha value is -1.58. The summed E-state index contributed by atoms with van der Waals surface area (Å²) in [6.07, 6.45) is 1.63. The van der Waals surface area contributed by atoms with Crippen molar-refractivity contribution in [3.8, 4) is 0 Å². The smallest absolute Gasteiger partial charge is 0.148 e. The average molecular weight is 165 g/mol. The van der Waals surface area contributed by atoms with Crippen molar-refractivity contribution in [2.45, 2.75) is 0 Å². The van der Waals surface area contributed by atoms with Crippen molar-refractivity contribution in [2.75, 3.05) is 5.73 Å². The summed E-state index contributed by atoms with van der Waals surface area (Å²) in [5, 5.41) is 0. The molecule has 0 fully saturated rings. The Kier molecular flexibility index (Phi) is 1.30. The highest BCUT2D eigenvalue weighted by Gasteiger charge is 2.04. The Bertz CT molecular complexity index is 433. The Morgan fingerprint density at radius 2 is 2.25 bits per heavy atom. The maximum absolute atomic E-state index is 12.9. The van der Waals surface area contributed by atoms with Gasteiger partial charge in [-0.25, -0.2) is 9.37 Å². The highest BCUT2D eigenvalue weighted by Crippen LogP contribution is 2.18. The van der Waals surface area contributed by atoms with Gasteiger partial charge < -0.3 is 10.3 Å². The molecule has 0 aliphatic heterocycles. The molecule has 0 saturated carbocycles. The first-order valence-corrected chi connectivity index (χ1v) is 3.54. The van der Waals surface area contributed by atoms with E-state index < -0.39 is 5.82 Å². The lowest BCUT2D eigenvalue weighted by molar-refractivity contribution is 0.633. The second kappa shape index (κ2) is 2.20. The normalized spacial score (nSPS) is 10.8. The summed E-state index contributed by atoms with van der Waals surface area (Å²) in [6.45, 7) is 0. The van der Waals surface area contributed by atoms with E-state index >= 15 is 0 Å². The van der Waals surface area contributed by atoms with Crippen LogP contribution in [0.1, 0.15) is 0 Å². The molecule has 2 aromatic rings. The van der Waals surface area contributed by atoms with Gasteiger partial charge in [-0.15, -0.1) is 0 Å². The van der Waals surface area contributed by atoms with Crippen LogP contribution < -0.4 is 5.73 Å². The number of aryl methyl sites for hydroxylation is 1. The lowest BCUT2D eigenvalue weighted by Gasteiger charge is -1.97. The molecule has 1 heterocycles. The molecule has 2 N–H and O–H groups in total. The number of aromatic nitrogens is 2. The second-order valence-electron chi connectivity index (χ2n) is 2.72. The van der Waals surface area contributed by atoms with E-state index in [9.17, 15) is 4.39 Å². The molecular weight excluding hydrogens is 157 g/mol. The van der Waals surface area contributed by atoms with E-state index in [2.05, 4.69) is 4.98 Å². The van der Waals surface area contributed by atoms with Gasteiger partial charge in [0, 0.05) is 13.1 Å². The molecule has 0 aliphatic rings. The summed E-state index contributed by atoms with van der Waals surface area (Å²) in [5.74, 6) is -0.397. The zero-order chi connectivity index (χ0) is 8.72. The van der Waals surface area contributed by atoms with E-state index in [1.54, 1.807) is 10.9 Å². The first kappa shape index (κ1) is 7.09. The van der Waals surface area contributed by atoms with Crippen LogP contribution in [0.5, 0.6) is 0 Å². The number of anilines is 1. The lowest BCUT2D eigenvalue weighted by atomic mass is 10.2. The Balaban J connectivity index is 2.87. The summed E-state index contributed by atoms with van der Waals surface area (Å²) >= 11 is 0. The van der Waals surface area contributed by atoms with Crippen LogP contribution in [0.25, 0.3) is 11.0 Å². The van der Waals surface area contributed by atoms with Crippen LogP contribution >= 0.6 is 0 Å². The molecule has 0 amide bonds. The third-order valence-corrected chi connectivity index (χ3v) is 1.84. The van der Waals surface area contributed by atoms with Gasteiger partial charge in [0.1, 0.15) is 5.82 Å². The first-order valence-electron chi connectivity index (χ1n) is 3.54. The highest BCUT2D eigenvalue weighted by atomic mass is 19.1. The maximum Gasteiger partial charge on any atom is 0.148 e. The molecule has 0 aliphatic carbocycles.